The highest BCUT2D eigenvalue weighted by Gasteiger charge is 2.37. The molecule has 81 heavy (non-hydrogen) atoms. The molecule has 0 aliphatic rings. The highest BCUT2D eigenvalue weighted by Crippen LogP contribution is 2.40. The van der Waals surface area contributed by atoms with Crippen molar-refractivity contribution in [3.63, 3.8) is 0 Å². The fraction of sp³-hybridized carbons (Fsp3) is 0.638. The van der Waals surface area contributed by atoms with Crippen LogP contribution in [0, 0.1) is 0 Å². The van der Waals surface area contributed by atoms with Gasteiger partial charge < -0.3 is 24.3 Å². The molecule has 0 fully saturated rings. The van der Waals surface area contributed by atoms with Crippen LogP contribution in [0.25, 0.3) is 11.2 Å². The molecule has 0 saturated heterocycles. The van der Waals surface area contributed by atoms with E-state index in [-0.39, 0.29) is 49.0 Å². The van der Waals surface area contributed by atoms with Crippen LogP contribution in [-0.2, 0) is 36.1 Å². The second kappa shape index (κ2) is 41.5. The summed E-state index contributed by atoms with van der Waals surface area (Å²) in [6.07, 6.45) is 44.7. The molecule has 0 bridgehead atoms. The molecule has 0 spiro atoms. The zero-order valence-corrected chi connectivity index (χ0v) is 50.5. The molecular weight excluding hydrogens is 1010 g/mol. The molecule has 5 aromatic rings. The molecule has 12 nitrogen and oxygen atoms in total. The fourth-order valence-corrected chi connectivity index (χ4v) is 11.1. The van der Waals surface area contributed by atoms with E-state index in [1.807, 2.05) is 84.9 Å². The Labute approximate surface area is 488 Å². The first-order valence-electron chi connectivity index (χ1n) is 32.3. The van der Waals surface area contributed by atoms with E-state index in [1.54, 1.807) is 11.7 Å². The van der Waals surface area contributed by atoms with Gasteiger partial charge in [0.15, 0.2) is 11.2 Å². The summed E-state index contributed by atoms with van der Waals surface area (Å²) in [5.74, 6) is 0.331. The minimum atomic E-state index is -1.00. The van der Waals surface area contributed by atoms with Gasteiger partial charge in [0.25, 0.3) is 5.56 Å². The highest BCUT2D eigenvalue weighted by atomic mass is 16.6. The number of anilines is 1. The number of esters is 2. The maximum Gasteiger partial charge on any atom is 0.305 e. The molecule has 0 amide bonds. The van der Waals surface area contributed by atoms with E-state index < -0.39 is 17.2 Å². The van der Waals surface area contributed by atoms with Gasteiger partial charge in [0.2, 0.25) is 5.95 Å². The van der Waals surface area contributed by atoms with Gasteiger partial charge in [-0.05, 0) is 41.7 Å². The quantitative estimate of drug-likeness (QED) is 0.0219. The van der Waals surface area contributed by atoms with Crippen LogP contribution in [0.15, 0.2) is 96.1 Å². The van der Waals surface area contributed by atoms with E-state index in [1.165, 1.54) is 186 Å². The number of benzene rings is 3. The standard InChI is InChI=1S/C69H105N5O7/c1-4-6-8-10-12-14-16-18-20-22-24-26-28-30-32-34-42-48-63(75)79-54-62(55-80-64(76)49-43-35-33-31-29-27-25-23-21-19-17-15-13-11-9-7-5-2)81-57-74-56-70-65-66(74)71-68(72-67(65)77)73-69(58-44-38-36-39-45-58,59-46-40-37-41-47-59)60-50-52-61(78-3)53-51-60/h36-41,44-47,50-53,56,62H,4-35,42-43,48-49,54-55,57H2,1-3H3,(H2,71,72,73,77). The highest BCUT2D eigenvalue weighted by molar-refractivity contribution is 5.72. The van der Waals surface area contributed by atoms with Gasteiger partial charge in [-0.3, -0.25) is 23.9 Å². The van der Waals surface area contributed by atoms with Crippen molar-refractivity contribution in [1.82, 2.24) is 19.5 Å². The lowest BCUT2D eigenvalue weighted by molar-refractivity contribution is -0.157. The number of nitrogens with one attached hydrogen (secondary N) is 2. The zero-order valence-electron chi connectivity index (χ0n) is 50.5. The Morgan fingerprint density at radius 1 is 0.519 bits per heavy atom. The number of carbonyl (C=O) groups is 2. The molecule has 5 rings (SSSR count). The predicted octanol–water partition coefficient (Wildman–Crippen LogP) is 18.0. The summed E-state index contributed by atoms with van der Waals surface area (Å²) in [5, 5.41) is 3.66. The van der Waals surface area contributed by atoms with Gasteiger partial charge in [-0.2, -0.15) is 4.98 Å². The van der Waals surface area contributed by atoms with Gasteiger partial charge in [-0.15, -0.1) is 0 Å². The molecule has 448 valence electrons. The first kappa shape index (κ1) is 66.3. The van der Waals surface area contributed by atoms with Crippen molar-refractivity contribution >= 4 is 29.1 Å². The minimum absolute atomic E-state index is 0.0871. The zero-order chi connectivity index (χ0) is 57.3. The summed E-state index contributed by atoms with van der Waals surface area (Å²) >= 11 is 0. The van der Waals surface area contributed by atoms with Gasteiger partial charge in [-0.1, -0.05) is 292 Å². The van der Waals surface area contributed by atoms with Crippen molar-refractivity contribution in [1.29, 1.82) is 0 Å². The predicted molar refractivity (Wildman–Crippen MR) is 332 cm³/mol. The molecule has 0 radical (unpaired) electrons. The molecule has 0 saturated carbocycles. The van der Waals surface area contributed by atoms with Crippen molar-refractivity contribution in [2.45, 2.75) is 263 Å². The summed E-state index contributed by atoms with van der Waals surface area (Å²) in [6.45, 7) is 4.29. The van der Waals surface area contributed by atoms with Gasteiger partial charge in [0, 0.05) is 12.8 Å². The monoisotopic (exact) mass is 1120 g/mol. The smallest absolute Gasteiger partial charge is 0.305 e. The lowest BCUT2D eigenvalue weighted by Crippen LogP contribution is -2.39. The maximum absolute atomic E-state index is 13.8. The average Bonchev–Trinajstić information content (AvgIpc) is 3.99. The largest absolute Gasteiger partial charge is 0.497 e. The molecule has 2 aromatic heterocycles. The van der Waals surface area contributed by atoms with Crippen LogP contribution in [-0.4, -0.2) is 57.9 Å². The van der Waals surface area contributed by atoms with E-state index in [0.717, 1.165) is 55.2 Å². The maximum atomic E-state index is 13.8. The van der Waals surface area contributed by atoms with Crippen LogP contribution >= 0.6 is 0 Å². The lowest BCUT2D eigenvalue weighted by atomic mass is 9.77. The second-order valence-electron chi connectivity index (χ2n) is 22.7. The molecule has 0 aliphatic carbocycles. The number of ether oxygens (including phenoxy) is 4. The summed E-state index contributed by atoms with van der Waals surface area (Å²) in [4.78, 5) is 52.4. The van der Waals surface area contributed by atoms with Gasteiger partial charge >= 0.3 is 11.9 Å². The van der Waals surface area contributed by atoms with Crippen LogP contribution in [0.3, 0.4) is 0 Å². The Morgan fingerprint density at radius 3 is 1.27 bits per heavy atom. The third-order valence-corrected chi connectivity index (χ3v) is 16.0. The number of H-pyrrole nitrogens is 1. The Morgan fingerprint density at radius 2 is 0.889 bits per heavy atom. The number of imidazole rings is 1. The molecule has 2 heterocycles. The Balaban J connectivity index is 1.12. The second-order valence-corrected chi connectivity index (χ2v) is 22.7. The molecule has 0 atom stereocenters. The van der Waals surface area contributed by atoms with E-state index in [2.05, 4.69) is 29.1 Å². The molecule has 12 heteroatoms. The Bertz CT molecular complexity index is 2350. The van der Waals surface area contributed by atoms with Gasteiger partial charge in [-0.25, -0.2) is 4.98 Å². The van der Waals surface area contributed by atoms with E-state index in [9.17, 15) is 14.4 Å². The van der Waals surface area contributed by atoms with E-state index >= 15 is 0 Å². The van der Waals surface area contributed by atoms with Crippen molar-refractivity contribution < 1.29 is 28.5 Å². The third kappa shape index (κ3) is 25.7. The number of nitrogens with zero attached hydrogens (tertiary/aromatic N) is 3. The minimum Gasteiger partial charge on any atom is -0.497 e. The number of methoxy groups -OCH3 is 1. The van der Waals surface area contributed by atoms with Crippen molar-refractivity contribution in [3.05, 3.63) is 118 Å². The van der Waals surface area contributed by atoms with Crippen LogP contribution < -0.4 is 15.6 Å². The van der Waals surface area contributed by atoms with Crippen molar-refractivity contribution in [3.8, 4) is 5.75 Å². The first-order chi connectivity index (χ1) is 39.9. The summed E-state index contributed by atoms with van der Waals surface area (Å²) in [5.41, 5.74) is 1.72. The SMILES string of the molecule is CCCCCCCCCCCCCCCCCCCC(=O)OCC(COC(=O)CCCCCCCCCCCCCCCCCCC)OCn1cnc2c(=O)[nH]c(NC(c3ccccc3)(c3ccccc3)c3ccc(OC)cc3)nc21. The van der Waals surface area contributed by atoms with Crippen LogP contribution in [0.4, 0.5) is 5.95 Å². The van der Waals surface area contributed by atoms with Crippen molar-refractivity contribution in [2.24, 2.45) is 0 Å². The number of hydrogen-bond acceptors (Lipinski definition) is 10. The molecule has 0 aliphatic heterocycles. The normalized spacial score (nSPS) is 11.7. The number of carbonyl (C=O) groups excluding carboxylic acids is 2. The van der Waals surface area contributed by atoms with Crippen LogP contribution in [0.2, 0.25) is 0 Å². The summed E-state index contributed by atoms with van der Waals surface area (Å²) in [7, 11) is 1.64. The van der Waals surface area contributed by atoms with E-state index in [0.29, 0.717) is 18.6 Å². The first-order valence-corrected chi connectivity index (χ1v) is 32.3. The Kier molecular flexibility index (Phi) is 34.0. The van der Waals surface area contributed by atoms with Gasteiger partial charge in [0.1, 0.15) is 37.3 Å². The summed E-state index contributed by atoms with van der Waals surface area (Å²) in [6, 6.07) is 27.9. The number of unbranched alkanes of at least 4 members (excludes halogenated alkanes) is 32. The molecule has 3 aromatic carbocycles. The topological polar surface area (TPSA) is 147 Å². The lowest BCUT2D eigenvalue weighted by Gasteiger charge is -2.37. The van der Waals surface area contributed by atoms with Crippen LogP contribution in [0.1, 0.15) is 262 Å². The Hall–Kier alpha value is -5.49. The fourth-order valence-electron chi connectivity index (χ4n) is 11.1. The average molecular weight is 1120 g/mol. The van der Waals surface area contributed by atoms with E-state index in [4.69, 9.17) is 23.9 Å². The molecule has 0 unspecified atom stereocenters. The summed E-state index contributed by atoms with van der Waals surface area (Å²) < 4.78 is 25.1. The number of aromatic amines is 1. The number of rotatable bonds is 49. The van der Waals surface area contributed by atoms with Gasteiger partial charge in [0.05, 0.1) is 13.4 Å². The molecular formula is C69H105N5O7. The van der Waals surface area contributed by atoms with Crippen LogP contribution in [0.5, 0.6) is 5.75 Å². The third-order valence-electron chi connectivity index (χ3n) is 16.0. The molecule has 2 N–H and O–H groups in total. The number of fused-ring (bicyclic) bond motifs is 1. The van der Waals surface area contributed by atoms with Crippen molar-refractivity contribution in [2.75, 3.05) is 25.6 Å². The number of hydrogen-bond donors (Lipinski definition) is 2. The number of aromatic nitrogens is 4.